The number of amides is 1. The summed E-state index contributed by atoms with van der Waals surface area (Å²) in [5.41, 5.74) is -0.442. The van der Waals surface area contributed by atoms with Crippen molar-refractivity contribution in [1.29, 1.82) is 0 Å². The number of hydrogen-bond acceptors (Lipinski definition) is 7. The molecule has 4 N–H and O–H groups in total. The van der Waals surface area contributed by atoms with Crippen LogP contribution in [0.25, 0.3) is 10.9 Å². The van der Waals surface area contributed by atoms with E-state index in [0.29, 0.717) is 16.5 Å². The van der Waals surface area contributed by atoms with Crippen LogP contribution in [0.4, 0.5) is 0 Å². The highest BCUT2D eigenvalue weighted by Crippen LogP contribution is 2.19. The lowest BCUT2D eigenvalue weighted by molar-refractivity contribution is -0.152. The molecule has 1 aliphatic rings. The zero-order valence-corrected chi connectivity index (χ0v) is 15.8. The maximum atomic E-state index is 12.3. The highest BCUT2D eigenvalue weighted by atomic mass is 16.5. The zero-order valence-electron chi connectivity index (χ0n) is 15.8. The first kappa shape index (κ1) is 20.0. The van der Waals surface area contributed by atoms with Crippen LogP contribution in [0.1, 0.15) is 10.4 Å². The average Bonchev–Trinajstić information content (AvgIpc) is 2.76. The van der Waals surface area contributed by atoms with Gasteiger partial charge in [0.2, 0.25) is 0 Å². The molecule has 10 nitrogen and oxygen atoms in total. The van der Waals surface area contributed by atoms with Gasteiger partial charge in [-0.3, -0.25) is 24.1 Å². The summed E-state index contributed by atoms with van der Waals surface area (Å²) in [5.74, 6) is -0.454. The van der Waals surface area contributed by atoms with E-state index in [1.807, 2.05) is 0 Å². The lowest BCUT2D eigenvalue weighted by Gasteiger charge is -2.38. The quantitative estimate of drug-likeness (QED) is 0.430. The second-order valence-electron chi connectivity index (χ2n) is 7.06. The number of hydrogen-bond donors (Lipinski definition) is 4. The molecule has 0 aliphatic carbocycles. The first-order valence-electron chi connectivity index (χ1n) is 9.36. The molecule has 0 unspecified atom stereocenters. The predicted molar refractivity (Wildman–Crippen MR) is 106 cm³/mol. The smallest absolute Gasteiger partial charge is 0.328 e. The average molecular weight is 412 g/mol. The lowest BCUT2D eigenvalue weighted by Crippen LogP contribution is -2.60. The van der Waals surface area contributed by atoms with Gasteiger partial charge in [0.05, 0.1) is 35.7 Å². The Bertz CT molecular complexity index is 1180. The van der Waals surface area contributed by atoms with Crippen LogP contribution in [0, 0.1) is 0 Å². The molecule has 3 heterocycles. The monoisotopic (exact) mass is 412 g/mol. The van der Waals surface area contributed by atoms with E-state index >= 15 is 0 Å². The topological polar surface area (TPSA) is 147 Å². The molecule has 1 aliphatic heterocycles. The molecule has 1 amide bonds. The number of carbonyl (C=O) groups excluding carboxylic acids is 1. The van der Waals surface area contributed by atoms with Crippen LogP contribution >= 0.6 is 0 Å². The van der Waals surface area contributed by atoms with Crippen LogP contribution in [0.3, 0.4) is 0 Å². The van der Waals surface area contributed by atoms with Gasteiger partial charge in [-0.2, -0.15) is 0 Å². The fourth-order valence-electron chi connectivity index (χ4n) is 3.52. The first-order valence-corrected chi connectivity index (χ1v) is 9.36. The third-order valence-corrected chi connectivity index (χ3v) is 5.14. The maximum Gasteiger partial charge on any atom is 0.328 e. The van der Waals surface area contributed by atoms with Crippen molar-refractivity contribution < 1.29 is 19.7 Å². The molecule has 0 spiro atoms. The van der Waals surface area contributed by atoms with E-state index in [-0.39, 0.29) is 13.2 Å². The lowest BCUT2D eigenvalue weighted by atomic mass is 9.97. The first-order chi connectivity index (χ1) is 14.5. The van der Waals surface area contributed by atoms with E-state index in [4.69, 9.17) is 4.74 Å². The normalized spacial score (nSPS) is 23.9. The fraction of sp³-hybridized carbons (Fsp3) is 0.300. The van der Waals surface area contributed by atoms with E-state index in [1.54, 1.807) is 36.4 Å². The van der Waals surface area contributed by atoms with Gasteiger partial charge in [-0.15, -0.1) is 0 Å². The maximum absolute atomic E-state index is 12.3. The molecule has 4 rings (SSSR count). The van der Waals surface area contributed by atoms with E-state index in [0.717, 1.165) is 0 Å². The van der Waals surface area contributed by atoms with Gasteiger partial charge in [-0.25, -0.2) is 4.79 Å². The van der Waals surface area contributed by atoms with Crippen molar-refractivity contribution >= 4 is 16.8 Å². The van der Waals surface area contributed by atoms with E-state index in [9.17, 15) is 24.6 Å². The minimum absolute atomic E-state index is 0.0646. The molecule has 3 aromatic rings. The Morgan fingerprint density at radius 3 is 2.77 bits per heavy atom. The highest BCUT2D eigenvalue weighted by Gasteiger charge is 2.39. The van der Waals surface area contributed by atoms with Gasteiger partial charge in [0.1, 0.15) is 18.3 Å². The van der Waals surface area contributed by atoms with Gasteiger partial charge in [-0.05, 0) is 24.3 Å². The Hall–Kier alpha value is -3.34. The van der Waals surface area contributed by atoms with Crippen LogP contribution in [-0.4, -0.2) is 61.6 Å². The van der Waals surface area contributed by atoms with Gasteiger partial charge >= 0.3 is 5.69 Å². The van der Waals surface area contributed by atoms with Crippen molar-refractivity contribution in [2.45, 2.75) is 30.9 Å². The Labute approximate surface area is 169 Å². The summed E-state index contributed by atoms with van der Waals surface area (Å²) in [6.45, 7) is -0.150. The Balaban J connectivity index is 1.51. The van der Waals surface area contributed by atoms with Gasteiger partial charge in [-0.1, -0.05) is 12.1 Å². The van der Waals surface area contributed by atoms with Crippen LogP contribution in [0.5, 0.6) is 0 Å². The summed E-state index contributed by atoms with van der Waals surface area (Å²) in [4.78, 5) is 42.7. The van der Waals surface area contributed by atoms with Crippen molar-refractivity contribution in [2.75, 3.05) is 6.61 Å². The number of ether oxygens (including phenoxy) is 1. The van der Waals surface area contributed by atoms with E-state index in [1.165, 1.54) is 17.0 Å². The molecule has 4 atom stereocenters. The Morgan fingerprint density at radius 2 is 2.00 bits per heavy atom. The molecule has 0 bridgehead atoms. The molecule has 2 aromatic heterocycles. The van der Waals surface area contributed by atoms with Gasteiger partial charge in [0, 0.05) is 12.4 Å². The number of aliphatic hydroxyl groups excluding tert-OH is 2. The molecule has 0 radical (unpaired) electrons. The van der Waals surface area contributed by atoms with Crippen LogP contribution in [-0.2, 0) is 11.3 Å². The van der Waals surface area contributed by atoms with Crippen molar-refractivity contribution in [3.8, 4) is 0 Å². The number of rotatable bonds is 4. The number of aromatic amines is 1. The second kappa shape index (κ2) is 8.19. The third kappa shape index (κ3) is 3.75. The molecule has 1 saturated heterocycles. The van der Waals surface area contributed by atoms with E-state index < -0.39 is 41.5 Å². The minimum atomic E-state index is -1.37. The van der Waals surface area contributed by atoms with Crippen LogP contribution < -0.4 is 16.6 Å². The molecule has 156 valence electrons. The highest BCUT2D eigenvalue weighted by molar-refractivity contribution is 5.94. The van der Waals surface area contributed by atoms with Gasteiger partial charge in [0.25, 0.3) is 11.5 Å². The largest absolute Gasteiger partial charge is 0.388 e. The standard InChI is InChI=1S/C20H20N4O6/c25-16-13(22-18(27)11-4-3-7-21-8-11)10-30-15(17(16)26)9-24-14-6-2-1-5-12(14)19(28)23-20(24)29/h1-8,13,15-17,25-26H,9-10H2,(H,22,27)(H,23,28,29)/t13-,15-,16+,17-/m1/s1. The molecular formula is C20H20N4O6. The number of fused-ring (bicyclic) bond motifs is 1. The summed E-state index contributed by atoms with van der Waals surface area (Å²) in [5, 5.41) is 24.0. The summed E-state index contributed by atoms with van der Waals surface area (Å²) in [6, 6.07) is 8.92. The molecule has 30 heavy (non-hydrogen) atoms. The Morgan fingerprint density at radius 1 is 1.20 bits per heavy atom. The van der Waals surface area contributed by atoms with Gasteiger partial charge in [0.15, 0.2) is 0 Å². The summed E-state index contributed by atoms with van der Waals surface area (Å²) in [7, 11) is 0. The summed E-state index contributed by atoms with van der Waals surface area (Å²) >= 11 is 0. The number of pyridine rings is 1. The molecule has 0 saturated carbocycles. The van der Waals surface area contributed by atoms with Crippen molar-refractivity contribution in [3.05, 3.63) is 75.2 Å². The number of para-hydroxylation sites is 1. The summed E-state index contributed by atoms with van der Waals surface area (Å²) < 4.78 is 6.94. The number of nitrogens with zero attached hydrogens (tertiary/aromatic N) is 2. The SMILES string of the molecule is O=C(N[C@@H]1CO[C@H](Cn2c(=O)[nH]c(=O)c3ccccc32)[C@@H](O)[C@H]1O)c1cccnc1. The van der Waals surface area contributed by atoms with Crippen molar-refractivity contribution in [3.63, 3.8) is 0 Å². The molecule has 10 heteroatoms. The van der Waals surface area contributed by atoms with Crippen molar-refractivity contribution in [1.82, 2.24) is 19.9 Å². The minimum Gasteiger partial charge on any atom is -0.388 e. The van der Waals surface area contributed by atoms with Crippen molar-refractivity contribution in [2.24, 2.45) is 0 Å². The number of nitrogens with one attached hydrogen (secondary N) is 2. The number of aromatic nitrogens is 3. The van der Waals surface area contributed by atoms with Gasteiger partial charge < -0.3 is 20.3 Å². The Kier molecular flexibility index (Phi) is 5.44. The predicted octanol–water partition coefficient (Wildman–Crippen LogP) is -0.996. The van der Waals surface area contributed by atoms with E-state index in [2.05, 4.69) is 15.3 Å². The zero-order chi connectivity index (χ0) is 21.3. The number of benzene rings is 1. The molecule has 1 fully saturated rings. The number of aliphatic hydroxyl groups is 2. The third-order valence-electron chi connectivity index (χ3n) is 5.14. The fourth-order valence-corrected chi connectivity index (χ4v) is 3.52. The number of H-pyrrole nitrogens is 1. The second-order valence-corrected chi connectivity index (χ2v) is 7.06. The molecular weight excluding hydrogens is 392 g/mol. The van der Waals surface area contributed by atoms with Crippen LogP contribution in [0.2, 0.25) is 0 Å². The summed E-state index contributed by atoms with van der Waals surface area (Å²) in [6.07, 6.45) is -0.673. The number of carbonyl (C=O) groups is 1. The molecule has 1 aromatic carbocycles. The van der Waals surface area contributed by atoms with Crippen LogP contribution in [0.15, 0.2) is 58.4 Å².